The average molecular weight is 213 g/mol. The monoisotopic (exact) mass is 212 g/mol. The van der Waals surface area contributed by atoms with Gasteiger partial charge < -0.3 is 9.47 Å². The van der Waals surface area contributed by atoms with Crippen molar-refractivity contribution in [3.8, 4) is 0 Å². The SMILES string of the molecule is CC1OC(C)(Cl)C(C)(Cl)OC1C. The van der Waals surface area contributed by atoms with Gasteiger partial charge in [0.2, 0.25) is 0 Å². The lowest BCUT2D eigenvalue weighted by atomic mass is 10.1. The maximum Gasteiger partial charge on any atom is 0.181 e. The van der Waals surface area contributed by atoms with Gasteiger partial charge in [0.1, 0.15) is 0 Å². The molecule has 4 unspecified atom stereocenters. The molecular weight excluding hydrogens is 199 g/mol. The summed E-state index contributed by atoms with van der Waals surface area (Å²) < 4.78 is 11.0. The molecule has 2 nitrogen and oxygen atoms in total. The fourth-order valence-corrected chi connectivity index (χ4v) is 1.47. The number of halogens is 2. The Labute approximate surface area is 83.1 Å². The maximum atomic E-state index is 6.04. The minimum atomic E-state index is -0.958. The molecule has 1 saturated heterocycles. The summed E-state index contributed by atoms with van der Waals surface area (Å²) in [6.07, 6.45) is -0.0568. The molecular formula is C8H14Cl2O2. The summed E-state index contributed by atoms with van der Waals surface area (Å²) in [5.41, 5.74) is 0. The molecule has 1 fully saturated rings. The third-order valence-electron chi connectivity index (χ3n) is 2.27. The van der Waals surface area contributed by atoms with Crippen LogP contribution < -0.4 is 0 Å². The second-order valence-corrected chi connectivity index (χ2v) is 4.92. The van der Waals surface area contributed by atoms with Crippen LogP contribution in [0.5, 0.6) is 0 Å². The molecule has 0 aromatic rings. The summed E-state index contributed by atoms with van der Waals surface area (Å²) in [6.45, 7) is 7.25. The lowest BCUT2D eigenvalue weighted by Crippen LogP contribution is -2.56. The van der Waals surface area contributed by atoms with E-state index in [9.17, 15) is 0 Å². The van der Waals surface area contributed by atoms with Crippen molar-refractivity contribution < 1.29 is 9.47 Å². The van der Waals surface area contributed by atoms with E-state index in [-0.39, 0.29) is 12.2 Å². The Hall–Kier alpha value is 0.500. The van der Waals surface area contributed by atoms with Crippen LogP contribution in [0.25, 0.3) is 0 Å². The summed E-state index contributed by atoms with van der Waals surface area (Å²) in [5.74, 6) is 0. The predicted molar refractivity (Wildman–Crippen MR) is 49.6 cm³/mol. The normalized spacial score (nSPS) is 55.5. The molecule has 0 N–H and O–H groups in total. The zero-order chi connectivity index (χ0) is 9.57. The third-order valence-corrected chi connectivity index (χ3v) is 3.27. The van der Waals surface area contributed by atoms with E-state index in [1.165, 1.54) is 0 Å². The van der Waals surface area contributed by atoms with Gasteiger partial charge in [0.05, 0.1) is 12.2 Å². The van der Waals surface area contributed by atoms with Gasteiger partial charge in [0, 0.05) is 0 Å². The lowest BCUT2D eigenvalue weighted by molar-refractivity contribution is -0.234. The number of hydrogen-bond acceptors (Lipinski definition) is 2. The quantitative estimate of drug-likeness (QED) is 0.576. The van der Waals surface area contributed by atoms with E-state index in [1.807, 2.05) is 13.8 Å². The van der Waals surface area contributed by atoms with Gasteiger partial charge in [-0.25, -0.2) is 0 Å². The molecule has 0 aromatic carbocycles. The van der Waals surface area contributed by atoms with Crippen molar-refractivity contribution in [2.24, 2.45) is 0 Å². The first-order chi connectivity index (χ1) is 5.26. The minimum absolute atomic E-state index is 0.0284. The Morgan fingerprint density at radius 1 is 0.917 bits per heavy atom. The second kappa shape index (κ2) is 3.02. The molecule has 0 aliphatic carbocycles. The van der Waals surface area contributed by atoms with Crippen molar-refractivity contribution in [3.63, 3.8) is 0 Å². The summed E-state index contributed by atoms with van der Waals surface area (Å²) in [6, 6.07) is 0. The number of rotatable bonds is 0. The van der Waals surface area contributed by atoms with Crippen LogP contribution in [0.4, 0.5) is 0 Å². The molecule has 0 aromatic heterocycles. The van der Waals surface area contributed by atoms with Crippen LogP contribution in [0.3, 0.4) is 0 Å². The van der Waals surface area contributed by atoms with E-state index in [0.717, 1.165) is 0 Å². The molecule has 0 amide bonds. The van der Waals surface area contributed by atoms with Gasteiger partial charge >= 0.3 is 0 Å². The molecule has 0 saturated carbocycles. The molecule has 1 aliphatic rings. The van der Waals surface area contributed by atoms with Crippen LogP contribution in [-0.4, -0.2) is 22.3 Å². The van der Waals surface area contributed by atoms with E-state index in [2.05, 4.69) is 0 Å². The Balaban J connectivity index is 2.80. The van der Waals surface area contributed by atoms with Crippen LogP contribution in [0, 0.1) is 0 Å². The first-order valence-electron chi connectivity index (χ1n) is 4.00. The molecule has 1 rings (SSSR count). The molecule has 4 heteroatoms. The molecule has 4 atom stereocenters. The molecule has 1 heterocycles. The minimum Gasteiger partial charge on any atom is -0.350 e. The third kappa shape index (κ3) is 1.72. The fourth-order valence-electron chi connectivity index (χ4n) is 1.10. The summed E-state index contributed by atoms with van der Waals surface area (Å²) >= 11 is 12.1. The van der Waals surface area contributed by atoms with Crippen molar-refractivity contribution in [2.45, 2.75) is 50.0 Å². The number of ether oxygens (including phenoxy) is 2. The van der Waals surface area contributed by atoms with E-state index >= 15 is 0 Å². The zero-order valence-corrected chi connectivity index (χ0v) is 9.24. The van der Waals surface area contributed by atoms with Crippen molar-refractivity contribution in [1.29, 1.82) is 0 Å². The topological polar surface area (TPSA) is 18.5 Å². The molecule has 0 spiro atoms. The number of alkyl halides is 2. The summed E-state index contributed by atoms with van der Waals surface area (Å²) in [4.78, 5) is 0. The van der Waals surface area contributed by atoms with Crippen LogP contribution in [0.1, 0.15) is 27.7 Å². The highest BCUT2D eigenvalue weighted by molar-refractivity contribution is 6.33. The Kier molecular flexibility index (Phi) is 2.66. The van der Waals surface area contributed by atoms with Gasteiger partial charge in [0.25, 0.3) is 0 Å². The first-order valence-corrected chi connectivity index (χ1v) is 4.75. The zero-order valence-electron chi connectivity index (χ0n) is 7.73. The van der Waals surface area contributed by atoms with Crippen molar-refractivity contribution in [2.75, 3.05) is 0 Å². The van der Waals surface area contributed by atoms with Crippen molar-refractivity contribution in [3.05, 3.63) is 0 Å². The maximum absolute atomic E-state index is 6.04. The van der Waals surface area contributed by atoms with Crippen LogP contribution in [-0.2, 0) is 9.47 Å². The van der Waals surface area contributed by atoms with Gasteiger partial charge in [-0.05, 0) is 27.7 Å². The summed E-state index contributed by atoms with van der Waals surface area (Å²) in [7, 11) is 0. The van der Waals surface area contributed by atoms with Crippen molar-refractivity contribution >= 4 is 23.2 Å². The molecule has 72 valence electrons. The number of hydrogen-bond donors (Lipinski definition) is 0. The van der Waals surface area contributed by atoms with Gasteiger partial charge in [-0.1, -0.05) is 23.2 Å². The molecule has 0 radical (unpaired) electrons. The fraction of sp³-hybridized carbons (Fsp3) is 1.00. The molecule has 12 heavy (non-hydrogen) atoms. The smallest absolute Gasteiger partial charge is 0.181 e. The average Bonchev–Trinajstić information content (AvgIpc) is 1.82. The Bertz CT molecular complexity index is 160. The molecule has 0 bridgehead atoms. The second-order valence-electron chi connectivity index (χ2n) is 3.48. The highest BCUT2D eigenvalue weighted by atomic mass is 35.5. The van der Waals surface area contributed by atoms with Gasteiger partial charge in [0.15, 0.2) is 10.1 Å². The highest BCUT2D eigenvalue weighted by Gasteiger charge is 2.51. The van der Waals surface area contributed by atoms with Gasteiger partial charge in [-0.2, -0.15) is 0 Å². The van der Waals surface area contributed by atoms with Crippen molar-refractivity contribution in [1.82, 2.24) is 0 Å². The van der Waals surface area contributed by atoms with E-state index in [0.29, 0.717) is 0 Å². The van der Waals surface area contributed by atoms with E-state index in [4.69, 9.17) is 32.7 Å². The highest BCUT2D eigenvalue weighted by Crippen LogP contribution is 2.43. The summed E-state index contributed by atoms with van der Waals surface area (Å²) in [5, 5.41) is -1.92. The predicted octanol–water partition coefficient (Wildman–Crippen LogP) is 2.72. The molecule has 1 aliphatic heterocycles. The van der Waals surface area contributed by atoms with E-state index in [1.54, 1.807) is 13.8 Å². The van der Waals surface area contributed by atoms with Gasteiger partial charge in [-0.3, -0.25) is 0 Å². The first kappa shape index (κ1) is 10.6. The Morgan fingerprint density at radius 2 is 1.17 bits per heavy atom. The van der Waals surface area contributed by atoms with Crippen LogP contribution >= 0.6 is 23.2 Å². The van der Waals surface area contributed by atoms with E-state index < -0.39 is 10.1 Å². The largest absolute Gasteiger partial charge is 0.350 e. The van der Waals surface area contributed by atoms with Gasteiger partial charge in [-0.15, -0.1) is 0 Å². The standard InChI is InChI=1S/C8H14Cl2O2/c1-5-6(2)12-8(4,10)7(3,9)11-5/h5-6H,1-4H3. The lowest BCUT2D eigenvalue weighted by Gasteiger charge is -2.46. The van der Waals surface area contributed by atoms with Crippen LogP contribution in [0.2, 0.25) is 0 Å². The van der Waals surface area contributed by atoms with Crippen LogP contribution in [0.15, 0.2) is 0 Å². The Morgan fingerprint density at radius 3 is 1.42 bits per heavy atom.